The first-order valence-electron chi connectivity index (χ1n) is 9.83. The molecule has 0 atom stereocenters. The summed E-state index contributed by atoms with van der Waals surface area (Å²) in [6, 6.07) is 3.77. The number of rotatable bonds is 7. The van der Waals surface area contributed by atoms with E-state index in [1.807, 2.05) is 24.1 Å². The molecule has 0 unspecified atom stereocenters. The van der Waals surface area contributed by atoms with Gasteiger partial charge < -0.3 is 9.72 Å². The zero-order valence-electron chi connectivity index (χ0n) is 16.0. The Hall–Kier alpha value is -2.93. The minimum Gasteiger partial charge on any atom is -0.435 e. The molecule has 2 N–H and O–H groups in total. The molecule has 0 amide bonds. The predicted molar refractivity (Wildman–Crippen MR) is 106 cm³/mol. The molecule has 0 saturated carbocycles. The average Bonchev–Trinajstić information content (AvgIpc) is 3.42. The quantitative estimate of drug-likeness (QED) is 0.567. The van der Waals surface area contributed by atoms with Crippen LogP contribution in [-0.2, 0) is 14.3 Å². The topological polar surface area (TPSA) is 87.3 Å². The summed E-state index contributed by atoms with van der Waals surface area (Å²) in [5.41, 5.74) is 4.82. The van der Waals surface area contributed by atoms with Crippen molar-refractivity contribution < 1.29 is 14.3 Å². The van der Waals surface area contributed by atoms with Crippen molar-refractivity contribution in [1.29, 1.82) is 0 Å². The van der Waals surface area contributed by atoms with Gasteiger partial charge in [0.05, 0.1) is 0 Å². The van der Waals surface area contributed by atoms with Crippen LogP contribution in [0.5, 0.6) is 0 Å². The lowest BCUT2D eigenvalue weighted by Crippen LogP contribution is -2.35. The number of ketones is 2. The summed E-state index contributed by atoms with van der Waals surface area (Å²) in [4.78, 5) is 33.0. The third-order valence-corrected chi connectivity index (χ3v) is 5.06. The molecule has 2 aliphatic heterocycles. The van der Waals surface area contributed by atoms with E-state index in [1.165, 1.54) is 0 Å². The van der Waals surface area contributed by atoms with Gasteiger partial charge in [0.2, 0.25) is 11.7 Å². The molecule has 2 aliphatic rings. The molecule has 4 heterocycles. The molecule has 2 aromatic rings. The second kappa shape index (κ2) is 7.98. The summed E-state index contributed by atoms with van der Waals surface area (Å²) in [5.74, 6) is -0.109. The van der Waals surface area contributed by atoms with Gasteiger partial charge in [0.25, 0.3) is 0 Å². The van der Waals surface area contributed by atoms with E-state index in [-0.39, 0.29) is 28.8 Å². The molecule has 0 aliphatic carbocycles. The van der Waals surface area contributed by atoms with E-state index in [9.17, 15) is 9.59 Å². The molecule has 1 saturated heterocycles. The van der Waals surface area contributed by atoms with Crippen LogP contribution in [0.4, 0.5) is 0 Å². The van der Waals surface area contributed by atoms with Crippen molar-refractivity contribution in [2.75, 3.05) is 13.1 Å². The number of Topliss-reactive ketones (excluding diaryl/α,β-unsaturated/α-hetero) is 2. The number of hydrazine groups is 1. The average molecular weight is 380 g/mol. The molecule has 28 heavy (non-hydrogen) atoms. The number of pyridine rings is 1. The van der Waals surface area contributed by atoms with Gasteiger partial charge in [0.15, 0.2) is 11.5 Å². The summed E-state index contributed by atoms with van der Waals surface area (Å²) in [6.45, 7) is 3.75. The number of unbranched alkanes of at least 4 members (excludes halogenated alkanes) is 1. The van der Waals surface area contributed by atoms with Crippen molar-refractivity contribution in [3.05, 3.63) is 47.3 Å². The molecule has 2 aromatic heterocycles. The molecule has 0 aromatic carbocycles. The number of allylic oxidation sites excluding steroid dienone is 1. The Bertz CT molecular complexity index is 967. The number of nitrogens with one attached hydrogen (secondary N) is 2. The standard InChI is InChI=1S/C21H24N4O3/c1-2-3-8-16(26)18-19(27)17(28-21(18)24-25-10-4-5-11-25)12-14-13-23-20-15(14)7-6-9-22-20/h6-7,9,12-13,24H,2-5,8,10-11H2,1H3,(H,22,23)/b17-12-. The number of hydrogen-bond acceptors (Lipinski definition) is 6. The number of carbonyl (C=O) groups excluding carboxylic acids is 2. The maximum absolute atomic E-state index is 13.0. The number of carbonyl (C=O) groups is 2. The lowest BCUT2D eigenvalue weighted by Gasteiger charge is -2.18. The maximum atomic E-state index is 13.0. The van der Waals surface area contributed by atoms with Crippen LogP contribution in [-0.4, -0.2) is 39.6 Å². The van der Waals surface area contributed by atoms with Crippen LogP contribution in [0.15, 0.2) is 41.7 Å². The maximum Gasteiger partial charge on any atom is 0.237 e. The summed E-state index contributed by atoms with van der Waals surface area (Å²) in [5, 5.41) is 2.89. The fraction of sp³-hybridized carbons (Fsp3) is 0.381. The van der Waals surface area contributed by atoms with Crippen LogP contribution in [0.1, 0.15) is 44.6 Å². The van der Waals surface area contributed by atoms with Gasteiger partial charge in [-0.3, -0.25) is 15.0 Å². The molecular weight excluding hydrogens is 356 g/mol. The Morgan fingerprint density at radius 2 is 2.21 bits per heavy atom. The lowest BCUT2D eigenvalue weighted by atomic mass is 10.0. The molecule has 7 heteroatoms. The SMILES string of the molecule is CCCCC(=O)C1=C(NN2CCCC2)O/C(=C\c2c[nH]c3ncccc23)C1=O. The van der Waals surface area contributed by atoms with Gasteiger partial charge >= 0.3 is 0 Å². The van der Waals surface area contributed by atoms with Gasteiger partial charge in [0, 0.05) is 42.9 Å². The van der Waals surface area contributed by atoms with E-state index in [0.717, 1.165) is 55.4 Å². The van der Waals surface area contributed by atoms with E-state index in [4.69, 9.17) is 4.74 Å². The molecule has 4 rings (SSSR count). The first-order valence-corrected chi connectivity index (χ1v) is 9.83. The number of fused-ring (bicyclic) bond motifs is 1. The third-order valence-electron chi connectivity index (χ3n) is 5.06. The van der Waals surface area contributed by atoms with E-state index in [0.29, 0.717) is 6.42 Å². The second-order valence-electron chi connectivity index (χ2n) is 7.12. The van der Waals surface area contributed by atoms with Crippen molar-refractivity contribution >= 4 is 28.7 Å². The Morgan fingerprint density at radius 1 is 1.39 bits per heavy atom. The van der Waals surface area contributed by atoms with Gasteiger partial charge in [-0.05, 0) is 37.5 Å². The number of aromatic nitrogens is 2. The van der Waals surface area contributed by atoms with Crippen LogP contribution in [0.3, 0.4) is 0 Å². The summed E-state index contributed by atoms with van der Waals surface area (Å²) in [6.07, 6.45) is 9.32. The zero-order chi connectivity index (χ0) is 19.5. The van der Waals surface area contributed by atoms with Crippen molar-refractivity contribution in [1.82, 2.24) is 20.4 Å². The van der Waals surface area contributed by atoms with Crippen molar-refractivity contribution in [3.63, 3.8) is 0 Å². The van der Waals surface area contributed by atoms with Crippen LogP contribution in [0.25, 0.3) is 17.1 Å². The number of ether oxygens (including phenoxy) is 1. The summed E-state index contributed by atoms with van der Waals surface area (Å²) >= 11 is 0. The second-order valence-corrected chi connectivity index (χ2v) is 7.12. The number of H-pyrrole nitrogens is 1. The van der Waals surface area contributed by atoms with Gasteiger partial charge in [-0.1, -0.05) is 13.3 Å². The summed E-state index contributed by atoms with van der Waals surface area (Å²) in [7, 11) is 0. The lowest BCUT2D eigenvalue weighted by molar-refractivity contribution is -0.119. The number of hydrogen-bond donors (Lipinski definition) is 2. The molecule has 0 spiro atoms. The smallest absolute Gasteiger partial charge is 0.237 e. The van der Waals surface area contributed by atoms with Crippen molar-refractivity contribution in [2.45, 2.75) is 39.0 Å². The van der Waals surface area contributed by atoms with Gasteiger partial charge in [-0.25, -0.2) is 9.99 Å². The molecule has 146 valence electrons. The fourth-order valence-corrected chi connectivity index (χ4v) is 3.53. The Balaban J connectivity index is 1.64. The van der Waals surface area contributed by atoms with E-state index < -0.39 is 0 Å². The van der Waals surface area contributed by atoms with Gasteiger partial charge in [-0.15, -0.1) is 0 Å². The largest absolute Gasteiger partial charge is 0.435 e. The van der Waals surface area contributed by atoms with Gasteiger partial charge in [-0.2, -0.15) is 0 Å². The third kappa shape index (κ3) is 3.57. The fourth-order valence-electron chi connectivity index (χ4n) is 3.53. The minimum atomic E-state index is -0.360. The van der Waals surface area contributed by atoms with Gasteiger partial charge in [0.1, 0.15) is 11.2 Å². The molecule has 7 nitrogen and oxygen atoms in total. The Labute approximate surface area is 163 Å². The van der Waals surface area contributed by atoms with Crippen LogP contribution in [0.2, 0.25) is 0 Å². The highest BCUT2D eigenvalue weighted by molar-refractivity contribution is 6.28. The normalized spacial score (nSPS) is 19.0. The van der Waals surface area contributed by atoms with Crippen LogP contribution in [0, 0.1) is 0 Å². The van der Waals surface area contributed by atoms with E-state index in [1.54, 1.807) is 18.5 Å². The molecule has 1 fully saturated rings. The van der Waals surface area contributed by atoms with Crippen molar-refractivity contribution in [2.24, 2.45) is 0 Å². The zero-order valence-corrected chi connectivity index (χ0v) is 16.0. The molecule has 0 radical (unpaired) electrons. The first kappa shape index (κ1) is 18.4. The van der Waals surface area contributed by atoms with Crippen molar-refractivity contribution in [3.8, 4) is 0 Å². The van der Waals surface area contributed by atoms with Crippen LogP contribution < -0.4 is 5.43 Å². The first-order chi connectivity index (χ1) is 13.7. The minimum absolute atomic E-state index is 0.129. The highest BCUT2D eigenvalue weighted by atomic mass is 16.5. The number of nitrogens with zero attached hydrogens (tertiary/aromatic N) is 2. The molecule has 0 bridgehead atoms. The van der Waals surface area contributed by atoms with E-state index >= 15 is 0 Å². The summed E-state index contributed by atoms with van der Waals surface area (Å²) < 4.78 is 5.85. The Morgan fingerprint density at radius 3 is 3.00 bits per heavy atom. The molecular formula is C21H24N4O3. The highest BCUT2D eigenvalue weighted by Crippen LogP contribution is 2.29. The predicted octanol–water partition coefficient (Wildman–Crippen LogP) is 3.07. The highest BCUT2D eigenvalue weighted by Gasteiger charge is 2.36. The van der Waals surface area contributed by atoms with E-state index in [2.05, 4.69) is 15.4 Å². The van der Waals surface area contributed by atoms with Crippen LogP contribution >= 0.6 is 0 Å². The monoisotopic (exact) mass is 380 g/mol. The number of aromatic amines is 1. The Kier molecular flexibility index (Phi) is 5.25.